The number of hydrogen-bond acceptors (Lipinski definition) is 6. The first-order chi connectivity index (χ1) is 20.5. The molecule has 1 saturated heterocycles. The number of aliphatic hydroxyl groups excluding tert-OH is 1. The van der Waals surface area contributed by atoms with Gasteiger partial charge in [0.05, 0.1) is 11.6 Å². The van der Waals surface area contributed by atoms with E-state index in [1.807, 2.05) is 37.3 Å². The van der Waals surface area contributed by atoms with Gasteiger partial charge in [0.15, 0.2) is 0 Å². The summed E-state index contributed by atoms with van der Waals surface area (Å²) in [6, 6.07) is 6.84. The van der Waals surface area contributed by atoms with E-state index in [9.17, 15) is 24.6 Å². The number of amides is 4. The Morgan fingerprint density at radius 1 is 0.953 bits per heavy atom. The summed E-state index contributed by atoms with van der Waals surface area (Å²) in [4.78, 5) is 42.3. The summed E-state index contributed by atoms with van der Waals surface area (Å²) in [5.74, 6) is -0.468. The van der Waals surface area contributed by atoms with Crippen molar-refractivity contribution in [3.05, 3.63) is 35.9 Å². The van der Waals surface area contributed by atoms with Crippen molar-refractivity contribution in [3.63, 3.8) is 0 Å². The molecule has 1 aromatic rings. The summed E-state index contributed by atoms with van der Waals surface area (Å²) < 4.78 is 0. The summed E-state index contributed by atoms with van der Waals surface area (Å²) in [7, 11) is 0. The number of piperidine rings is 1. The zero-order valence-electron chi connectivity index (χ0n) is 26.4. The van der Waals surface area contributed by atoms with Crippen LogP contribution in [-0.4, -0.2) is 81.9 Å². The van der Waals surface area contributed by atoms with Crippen LogP contribution in [0.25, 0.3) is 0 Å². The molecule has 4 atom stereocenters. The molecular weight excluding hydrogens is 546 g/mol. The zero-order valence-corrected chi connectivity index (χ0v) is 26.4. The lowest BCUT2D eigenvalue weighted by Gasteiger charge is -2.36. The van der Waals surface area contributed by atoms with E-state index in [4.69, 9.17) is 5.73 Å². The second kappa shape index (κ2) is 17.0. The van der Waals surface area contributed by atoms with Crippen LogP contribution in [0.4, 0.5) is 4.79 Å². The molecule has 1 saturated carbocycles. The molecule has 43 heavy (non-hydrogen) atoms. The molecule has 0 radical (unpaired) electrons. The van der Waals surface area contributed by atoms with Crippen LogP contribution in [0, 0.1) is 5.92 Å². The second-order valence-electron chi connectivity index (χ2n) is 13.2. The zero-order chi connectivity index (χ0) is 31.4. The standard InChI is InChI=1S/C33H55N5O5/c1-4-5-16-26(30(40)36-27(29(39)33(2,3)43)21-23-12-8-6-9-13-23)35-31(41)28(22-24-14-10-7-11-15-24)37-32(42)38-19-17-25(34)18-20-38/h7,10-11,14-15,23,25-29,39,43H,4-6,8-9,12-13,16-22,34H2,1-3H3,(H,35,41)(H,36,40)(H,37,42)/t26-,27-,28-,29-/m0/s1. The minimum Gasteiger partial charge on any atom is -0.388 e. The Labute approximate surface area is 257 Å². The number of carbonyl (C=O) groups is 3. The van der Waals surface area contributed by atoms with E-state index in [2.05, 4.69) is 16.0 Å². The van der Waals surface area contributed by atoms with Gasteiger partial charge in [-0.3, -0.25) is 9.59 Å². The molecule has 2 fully saturated rings. The highest BCUT2D eigenvalue weighted by molar-refractivity contribution is 5.92. The number of urea groups is 1. The third-order valence-electron chi connectivity index (χ3n) is 8.95. The van der Waals surface area contributed by atoms with E-state index in [-0.39, 0.29) is 24.4 Å². The van der Waals surface area contributed by atoms with Crippen LogP contribution in [-0.2, 0) is 16.0 Å². The maximum atomic E-state index is 13.8. The summed E-state index contributed by atoms with van der Waals surface area (Å²) >= 11 is 0. The molecule has 242 valence electrons. The van der Waals surface area contributed by atoms with Gasteiger partial charge in [-0.15, -0.1) is 0 Å². The second-order valence-corrected chi connectivity index (χ2v) is 13.2. The highest BCUT2D eigenvalue weighted by Crippen LogP contribution is 2.29. The Hall–Kier alpha value is -2.69. The van der Waals surface area contributed by atoms with Crippen LogP contribution in [0.5, 0.6) is 0 Å². The number of benzene rings is 1. The number of nitrogens with one attached hydrogen (secondary N) is 3. The average Bonchev–Trinajstić information content (AvgIpc) is 2.98. The van der Waals surface area contributed by atoms with E-state index >= 15 is 0 Å². The van der Waals surface area contributed by atoms with Crippen molar-refractivity contribution in [2.75, 3.05) is 13.1 Å². The molecule has 0 spiro atoms. The van der Waals surface area contributed by atoms with Crippen LogP contribution in [0.2, 0.25) is 0 Å². The minimum atomic E-state index is -1.40. The summed E-state index contributed by atoms with van der Waals surface area (Å²) in [6.45, 7) is 6.16. The topological polar surface area (TPSA) is 157 Å². The van der Waals surface area contributed by atoms with E-state index in [0.29, 0.717) is 51.1 Å². The third kappa shape index (κ3) is 11.4. The molecule has 0 unspecified atom stereocenters. The van der Waals surface area contributed by atoms with Gasteiger partial charge in [-0.05, 0) is 51.0 Å². The lowest BCUT2D eigenvalue weighted by atomic mass is 9.81. The molecule has 1 heterocycles. The Balaban J connectivity index is 1.75. The normalized spacial score (nSPS) is 19.6. The molecule has 1 aliphatic heterocycles. The van der Waals surface area contributed by atoms with E-state index in [0.717, 1.165) is 37.7 Å². The lowest BCUT2D eigenvalue weighted by Crippen LogP contribution is -2.60. The first kappa shape index (κ1) is 34.8. The fourth-order valence-electron chi connectivity index (χ4n) is 6.18. The highest BCUT2D eigenvalue weighted by atomic mass is 16.3. The van der Waals surface area contributed by atoms with E-state index < -0.39 is 35.7 Å². The Morgan fingerprint density at radius 3 is 2.19 bits per heavy atom. The molecule has 1 aromatic carbocycles. The maximum absolute atomic E-state index is 13.8. The molecular formula is C33H55N5O5. The van der Waals surface area contributed by atoms with Crippen LogP contribution in [0.15, 0.2) is 30.3 Å². The van der Waals surface area contributed by atoms with Crippen LogP contribution in [0.3, 0.4) is 0 Å². The van der Waals surface area contributed by atoms with Crippen LogP contribution in [0.1, 0.15) is 97.0 Å². The summed E-state index contributed by atoms with van der Waals surface area (Å²) in [5, 5.41) is 30.5. The van der Waals surface area contributed by atoms with Gasteiger partial charge in [-0.25, -0.2) is 4.79 Å². The molecule has 3 rings (SSSR count). The SMILES string of the molecule is CCCC[C@H](NC(=O)[C@H](Cc1ccccc1)NC(=O)N1CCC(N)CC1)C(=O)N[C@@H](CC1CCCCC1)[C@H](O)C(C)(C)O. The van der Waals surface area contributed by atoms with Crippen molar-refractivity contribution in [1.82, 2.24) is 20.9 Å². The largest absolute Gasteiger partial charge is 0.388 e. The molecule has 10 heteroatoms. The van der Waals surface area contributed by atoms with Crippen LogP contribution >= 0.6 is 0 Å². The van der Waals surface area contributed by atoms with Crippen molar-refractivity contribution in [1.29, 1.82) is 0 Å². The monoisotopic (exact) mass is 601 g/mol. The highest BCUT2D eigenvalue weighted by Gasteiger charge is 2.37. The fourth-order valence-corrected chi connectivity index (χ4v) is 6.18. The fraction of sp³-hybridized carbons (Fsp3) is 0.727. The third-order valence-corrected chi connectivity index (χ3v) is 8.95. The number of nitrogens with zero attached hydrogens (tertiary/aromatic N) is 1. The van der Waals surface area contributed by atoms with Gasteiger partial charge in [-0.1, -0.05) is 82.2 Å². The Kier molecular flexibility index (Phi) is 13.7. The van der Waals surface area contributed by atoms with Crippen molar-refractivity contribution in [2.24, 2.45) is 11.7 Å². The quantitative estimate of drug-likeness (QED) is 0.193. The molecule has 4 amide bonds. The first-order valence-corrected chi connectivity index (χ1v) is 16.3. The Bertz CT molecular complexity index is 1000. The van der Waals surface area contributed by atoms with Crippen molar-refractivity contribution in [3.8, 4) is 0 Å². The number of unbranched alkanes of at least 4 members (excludes halogenated alkanes) is 1. The summed E-state index contributed by atoms with van der Waals surface area (Å²) in [6.07, 6.45) is 8.56. The minimum absolute atomic E-state index is 0.0715. The summed E-state index contributed by atoms with van der Waals surface area (Å²) in [5.41, 5.74) is 5.49. The molecule has 7 N–H and O–H groups in total. The van der Waals surface area contributed by atoms with Crippen molar-refractivity contribution < 1.29 is 24.6 Å². The maximum Gasteiger partial charge on any atom is 0.318 e. The molecule has 2 aliphatic rings. The number of hydrogen-bond donors (Lipinski definition) is 6. The molecule has 0 aromatic heterocycles. The first-order valence-electron chi connectivity index (χ1n) is 16.3. The predicted molar refractivity (Wildman–Crippen MR) is 168 cm³/mol. The van der Waals surface area contributed by atoms with E-state index in [1.54, 1.807) is 18.7 Å². The lowest BCUT2D eigenvalue weighted by molar-refractivity contribution is -0.132. The number of aliphatic hydroxyl groups is 2. The van der Waals surface area contributed by atoms with Gasteiger partial charge < -0.3 is 36.8 Å². The van der Waals surface area contributed by atoms with Crippen LogP contribution < -0.4 is 21.7 Å². The van der Waals surface area contributed by atoms with E-state index in [1.165, 1.54) is 6.42 Å². The van der Waals surface area contributed by atoms with Gasteiger partial charge >= 0.3 is 6.03 Å². The number of rotatable bonds is 14. The van der Waals surface area contributed by atoms with Crippen molar-refractivity contribution >= 4 is 17.8 Å². The van der Waals surface area contributed by atoms with Gasteiger partial charge in [-0.2, -0.15) is 0 Å². The average molecular weight is 602 g/mol. The van der Waals surface area contributed by atoms with Gasteiger partial charge in [0.1, 0.15) is 18.2 Å². The van der Waals surface area contributed by atoms with Gasteiger partial charge in [0.25, 0.3) is 0 Å². The van der Waals surface area contributed by atoms with Crippen molar-refractivity contribution in [2.45, 2.75) is 134 Å². The number of carbonyl (C=O) groups excluding carboxylic acids is 3. The smallest absolute Gasteiger partial charge is 0.318 e. The number of nitrogens with two attached hydrogens (primary N) is 1. The predicted octanol–water partition coefficient (Wildman–Crippen LogP) is 2.99. The molecule has 10 nitrogen and oxygen atoms in total. The molecule has 1 aliphatic carbocycles. The van der Waals surface area contributed by atoms with Gasteiger partial charge in [0, 0.05) is 25.6 Å². The Morgan fingerprint density at radius 2 is 1.58 bits per heavy atom. The van der Waals surface area contributed by atoms with Gasteiger partial charge in [0.2, 0.25) is 11.8 Å². The molecule has 0 bridgehead atoms. The number of likely N-dealkylation sites (tertiary alicyclic amines) is 1.